The molecule has 0 aromatic carbocycles. The highest BCUT2D eigenvalue weighted by Gasteiger charge is 2.15. The van der Waals surface area contributed by atoms with Gasteiger partial charge in [0.05, 0.1) is 6.61 Å². The third-order valence-corrected chi connectivity index (χ3v) is 2.14. The lowest BCUT2D eigenvalue weighted by Crippen LogP contribution is -2.29. The zero-order valence-corrected chi connectivity index (χ0v) is 6.73. The number of methoxy groups -OCH3 is 1. The summed E-state index contributed by atoms with van der Waals surface area (Å²) in [5, 5.41) is 3.36. The molecule has 1 fully saturated rings. The van der Waals surface area contributed by atoms with Crippen LogP contribution in [0.25, 0.3) is 0 Å². The van der Waals surface area contributed by atoms with Crippen molar-refractivity contribution in [2.75, 3.05) is 26.8 Å². The Morgan fingerprint density at radius 2 is 2.30 bits per heavy atom. The van der Waals surface area contributed by atoms with E-state index in [1.54, 1.807) is 7.11 Å². The molecule has 0 heterocycles. The zero-order valence-electron chi connectivity index (χ0n) is 6.73. The summed E-state index contributed by atoms with van der Waals surface area (Å²) in [6, 6.07) is 0. The first-order valence-electron chi connectivity index (χ1n) is 4.13. The molecular formula is C8H17NO. The molecule has 0 aliphatic heterocycles. The molecule has 0 bridgehead atoms. The van der Waals surface area contributed by atoms with E-state index in [-0.39, 0.29) is 0 Å². The maximum atomic E-state index is 4.91. The van der Waals surface area contributed by atoms with Crippen molar-refractivity contribution in [2.45, 2.75) is 19.3 Å². The minimum absolute atomic E-state index is 0.840. The summed E-state index contributed by atoms with van der Waals surface area (Å²) in [4.78, 5) is 0. The Bertz CT molecular complexity index is 81.3. The summed E-state index contributed by atoms with van der Waals surface area (Å²) in [6.07, 6.45) is 4.30. The molecule has 0 unspecified atom stereocenters. The number of ether oxygens (including phenoxy) is 1. The lowest BCUT2D eigenvalue weighted by molar-refractivity contribution is 0.193. The Kier molecular flexibility index (Phi) is 3.76. The SMILES string of the molecule is COCCNCC1CCC1. The molecule has 1 N–H and O–H groups in total. The second-order valence-electron chi connectivity index (χ2n) is 2.99. The van der Waals surface area contributed by atoms with Gasteiger partial charge in [-0.05, 0) is 25.3 Å². The molecule has 1 aliphatic rings. The van der Waals surface area contributed by atoms with Crippen LogP contribution in [0.2, 0.25) is 0 Å². The molecule has 0 aromatic heterocycles. The van der Waals surface area contributed by atoms with Gasteiger partial charge in [0.2, 0.25) is 0 Å². The molecule has 0 amide bonds. The fraction of sp³-hybridized carbons (Fsp3) is 1.00. The van der Waals surface area contributed by atoms with Crippen LogP contribution in [0.1, 0.15) is 19.3 Å². The highest BCUT2D eigenvalue weighted by Crippen LogP contribution is 2.24. The predicted octanol–water partition coefficient (Wildman–Crippen LogP) is 1.02. The number of rotatable bonds is 5. The molecule has 2 heteroatoms. The van der Waals surface area contributed by atoms with Crippen LogP contribution in [0.5, 0.6) is 0 Å². The van der Waals surface area contributed by atoms with E-state index >= 15 is 0 Å². The van der Waals surface area contributed by atoms with Crippen molar-refractivity contribution in [1.82, 2.24) is 5.32 Å². The summed E-state index contributed by atoms with van der Waals surface area (Å²) in [5.74, 6) is 0.969. The fourth-order valence-corrected chi connectivity index (χ4v) is 1.18. The maximum Gasteiger partial charge on any atom is 0.0587 e. The highest BCUT2D eigenvalue weighted by molar-refractivity contribution is 4.71. The average Bonchev–Trinajstić information content (AvgIpc) is 1.84. The van der Waals surface area contributed by atoms with Crippen molar-refractivity contribution in [3.8, 4) is 0 Å². The van der Waals surface area contributed by atoms with Crippen molar-refractivity contribution in [1.29, 1.82) is 0 Å². The van der Waals surface area contributed by atoms with E-state index in [0.29, 0.717) is 0 Å². The third-order valence-electron chi connectivity index (χ3n) is 2.14. The average molecular weight is 143 g/mol. The van der Waals surface area contributed by atoms with Crippen LogP contribution in [0.15, 0.2) is 0 Å². The predicted molar refractivity (Wildman–Crippen MR) is 42.1 cm³/mol. The Labute approximate surface area is 63.0 Å². The number of hydrogen-bond acceptors (Lipinski definition) is 2. The summed E-state index contributed by atoms with van der Waals surface area (Å²) in [7, 11) is 1.74. The van der Waals surface area contributed by atoms with Crippen LogP contribution >= 0.6 is 0 Å². The van der Waals surface area contributed by atoms with Gasteiger partial charge in [-0.1, -0.05) is 6.42 Å². The van der Waals surface area contributed by atoms with E-state index in [1.165, 1.54) is 25.8 Å². The van der Waals surface area contributed by atoms with Crippen molar-refractivity contribution in [2.24, 2.45) is 5.92 Å². The minimum atomic E-state index is 0.840. The Morgan fingerprint density at radius 1 is 1.50 bits per heavy atom. The van der Waals surface area contributed by atoms with Crippen LogP contribution in [0.4, 0.5) is 0 Å². The standard InChI is InChI=1S/C8H17NO/c1-10-6-5-9-7-8-3-2-4-8/h8-9H,2-7H2,1H3. The third kappa shape index (κ3) is 2.67. The van der Waals surface area contributed by atoms with Crippen LogP contribution < -0.4 is 5.32 Å². The Morgan fingerprint density at radius 3 is 2.80 bits per heavy atom. The van der Waals surface area contributed by atoms with E-state index in [1.807, 2.05) is 0 Å². The lowest BCUT2D eigenvalue weighted by atomic mass is 9.85. The van der Waals surface area contributed by atoms with E-state index < -0.39 is 0 Å². The molecule has 0 aromatic rings. The molecule has 0 atom stereocenters. The van der Waals surface area contributed by atoms with E-state index in [4.69, 9.17) is 4.74 Å². The molecule has 0 spiro atoms. The molecule has 0 saturated heterocycles. The van der Waals surface area contributed by atoms with Gasteiger partial charge >= 0.3 is 0 Å². The summed E-state index contributed by atoms with van der Waals surface area (Å²) >= 11 is 0. The summed E-state index contributed by atoms with van der Waals surface area (Å²) < 4.78 is 4.91. The van der Waals surface area contributed by atoms with Crippen LogP contribution in [-0.2, 0) is 4.74 Å². The largest absolute Gasteiger partial charge is 0.383 e. The molecular weight excluding hydrogens is 126 g/mol. The lowest BCUT2D eigenvalue weighted by Gasteiger charge is -2.25. The van der Waals surface area contributed by atoms with E-state index in [2.05, 4.69) is 5.32 Å². The van der Waals surface area contributed by atoms with Gasteiger partial charge in [0, 0.05) is 13.7 Å². The van der Waals surface area contributed by atoms with Gasteiger partial charge in [0.25, 0.3) is 0 Å². The first-order valence-corrected chi connectivity index (χ1v) is 4.13. The number of nitrogens with one attached hydrogen (secondary N) is 1. The monoisotopic (exact) mass is 143 g/mol. The molecule has 10 heavy (non-hydrogen) atoms. The normalized spacial score (nSPS) is 18.9. The Hall–Kier alpha value is -0.0800. The fourth-order valence-electron chi connectivity index (χ4n) is 1.18. The molecule has 2 nitrogen and oxygen atoms in total. The molecule has 1 aliphatic carbocycles. The molecule has 1 saturated carbocycles. The van der Waals surface area contributed by atoms with Gasteiger partial charge in [-0.2, -0.15) is 0 Å². The van der Waals surface area contributed by atoms with Crippen molar-refractivity contribution >= 4 is 0 Å². The van der Waals surface area contributed by atoms with Gasteiger partial charge in [-0.25, -0.2) is 0 Å². The summed E-state index contributed by atoms with van der Waals surface area (Å²) in [6.45, 7) is 3.04. The van der Waals surface area contributed by atoms with Crippen molar-refractivity contribution in [3.63, 3.8) is 0 Å². The smallest absolute Gasteiger partial charge is 0.0587 e. The number of hydrogen-bond donors (Lipinski definition) is 1. The van der Waals surface area contributed by atoms with Crippen molar-refractivity contribution in [3.05, 3.63) is 0 Å². The molecule has 60 valence electrons. The van der Waals surface area contributed by atoms with E-state index in [0.717, 1.165) is 19.1 Å². The quantitative estimate of drug-likeness (QED) is 0.580. The first-order chi connectivity index (χ1) is 4.93. The van der Waals surface area contributed by atoms with Gasteiger partial charge in [-0.3, -0.25) is 0 Å². The van der Waals surface area contributed by atoms with Gasteiger partial charge < -0.3 is 10.1 Å². The Balaban J connectivity index is 1.76. The second-order valence-corrected chi connectivity index (χ2v) is 2.99. The molecule has 0 radical (unpaired) electrons. The van der Waals surface area contributed by atoms with Gasteiger partial charge in [0.1, 0.15) is 0 Å². The van der Waals surface area contributed by atoms with E-state index in [9.17, 15) is 0 Å². The molecule has 1 rings (SSSR count). The maximum absolute atomic E-state index is 4.91. The van der Waals surface area contributed by atoms with Gasteiger partial charge in [-0.15, -0.1) is 0 Å². The zero-order chi connectivity index (χ0) is 7.23. The highest BCUT2D eigenvalue weighted by atomic mass is 16.5. The summed E-state index contributed by atoms with van der Waals surface area (Å²) in [5.41, 5.74) is 0. The van der Waals surface area contributed by atoms with Crippen LogP contribution in [0, 0.1) is 5.92 Å². The van der Waals surface area contributed by atoms with Crippen LogP contribution in [-0.4, -0.2) is 26.8 Å². The van der Waals surface area contributed by atoms with Crippen molar-refractivity contribution < 1.29 is 4.74 Å². The van der Waals surface area contributed by atoms with Gasteiger partial charge in [0.15, 0.2) is 0 Å². The first kappa shape index (κ1) is 8.02. The second kappa shape index (κ2) is 4.69. The van der Waals surface area contributed by atoms with Crippen LogP contribution in [0.3, 0.4) is 0 Å². The minimum Gasteiger partial charge on any atom is -0.383 e. The topological polar surface area (TPSA) is 21.3 Å².